The number of hydrogen-bond acceptors (Lipinski definition) is 0. The van der Waals surface area contributed by atoms with Crippen molar-refractivity contribution in [1.29, 1.82) is 0 Å². The Kier molecular flexibility index (Phi) is 1.39. The van der Waals surface area contributed by atoms with Crippen molar-refractivity contribution in [3.63, 3.8) is 0 Å². The minimum atomic E-state index is 0.292. The second-order valence-electron chi connectivity index (χ2n) is 3.50. The molecule has 0 aromatic heterocycles. The van der Waals surface area contributed by atoms with E-state index in [9.17, 15) is 0 Å². The summed E-state index contributed by atoms with van der Waals surface area (Å²) < 4.78 is 0. The van der Waals surface area contributed by atoms with E-state index in [1.807, 2.05) is 0 Å². The fourth-order valence-corrected chi connectivity index (χ4v) is 1.94. The molecule has 1 aliphatic carbocycles. The van der Waals surface area contributed by atoms with E-state index in [1.54, 1.807) is 0 Å². The molecule has 1 rings (SSSR count). The van der Waals surface area contributed by atoms with Crippen molar-refractivity contribution in [1.82, 2.24) is 0 Å². The molecule has 52 valence electrons. The van der Waals surface area contributed by atoms with E-state index in [-0.39, 0.29) is 0 Å². The number of alkyl halides is 1. The molecule has 0 radical (unpaired) electrons. The minimum absolute atomic E-state index is 0.292. The van der Waals surface area contributed by atoms with Gasteiger partial charge in [0.25, 0.3) is 0 Å². The molecule has 1 fully saturated rings. The molecule has 0 saturated heterocycles. The molecule has 0 heterocycles. The molecule has 0 aromatic rings. The van der Waals surface area contributed by atoms with E-state index >= 15 is 0 Å². The number of hydrogen-bond donors (Lipinski definition) is 0. The summed E-state index contributed by atoms with van der Waals surface area (Å²) in [4.78, 5) is 0. The average Bonchev–Trinajstić information content (AvgIpc) is 2.07. The Morgan fingerprint density at radius 2 is 1.78 bits per heavy atom. The Morgan fingerprint density at radius 3 is 1.78 bits per heavy atom. The molecule has 0 spiro atoms. The summed E-state index contributed by atoms with van der Waals surface area (Å²) in [5, 5.41) is 0.308. The van der Waals surface area contributed by atoms with Crippen molar-refractivity contribution < 1.29 is 0 Å². The summed E-state index contributed by atoms with van der Waals surface area (Å²) >= 11 is 5.98. The molecule has 1 heteroatoms. The van der Waals surface area contributed by atoms with Crippen LogP contribution in [0.1, 0.15) is 27.7 Å². The molecule has 0 aromatic carbocycles. The molecule has 0 bridgehead atoms. The van der Waals surface area contributed by atoms with Gasteiger partial charge < -0.3 is 0 Å². The summed E-state index contributed by atoms with van der Waals surface area (Å²) in [6.45, 7) is 8.62. The van der Waals surface area contributed by atoms with Crippen molar-refractivity contribution in [2.45, 2.75) is 33.1 Å². The van der Waals surface area contributed by atoms with Gasteiger partial charge in [0.2, 0.25) is 0 Å². The normalized spacial score (nSPS) is 30.3. The highest BCUT2D eigenvalue weighted by Crippen LogP contribution is 2.56. The van der Waals surface area contributed by atoms with Crippen molar-refractivity contribution in [3.8, 4) is 0 Å². The zero-order valence-corrected chi connectivity index (χ0v) is 7.21. The predicted octanol–water partition coefficient (Wildman–Crippen LogP) is 2.97. The second-order valence-corrected chi connectivity index (χ2v) is 3.93. The zero-order valence-electron chi connectivity index (χ0n) is 6.46. The maximum absolute atomic E-state index is 5.98. The van der Waals surface area contributed by atoms with E-state index in [0.717, 1.165) is 0 Å². The monoisotopic (exact) mass is 144 g/mol. The lowest BCUT2D eigenvalue weighted by molar-refractivity contribution is 0.687. The van der Waals surface area contributed by atoms with Crippen LogP contribution in [0.25, 0.3) is 0 Å². The number of rotatable bonds is 0. The van der Waals surface area contributed by atoms with Crippen molar-refractivity contribution >= 4 is 11.6 Å². The van der Waals surface area contributed by atoms with E-state index in [4.69, 9.17) is 11.6 Å². The molecule has 0 amide bonds. The summed E-state index contributed by atoms with van der Waals surface area (Å²) in [6.07, 6.45) is 0. The number of halogens is 1. The zero-order chi connectivity index (χ0) is 7.23. The topological polar surface area (TPSA) is 0 Å². The van der Waals surface area contributed by atoms with Crippen LogP contribution in [0.3, 0.4) is 0 Å². The highest BCUT2D eigenvalue weighted by atomic mass is 35.5. The Morgan fingerprint density at radius 1 is 1.44 bits per heavy atom. The molecule has 1 atom stereocenters. The van der Waals surface area contributed by atoms with Gasteiger partial charge in [-0.3, -0.25) is 0 Å². The van der Waals surface area contributed by atoms with Gasteiger partial charge in [0.1, 0.15) is 0 Å². The van der Waals surface area contributed by atoms with Crippen molar-refractivity contribution in [2.24, 2.45) is 5.41 Å². The maximum Gasteiger partial charge on any atom is 0.0642 e. The van der Waals surface area contributed by atoms with Gasteiger partial charge in [-0.2, -0.15) is 0 Å². The molecule has 1 saturated carbocycles. The quantitative estimate of drug-likeness (QED) is 0.362. The van der Waals surface area contributed by atoms with Crippen LogP contribution in [0.5, 0.6) is 0 Å². The molecule has 0 N–H and O–H groups in total. The Hall–Kier alpha value is 0.0300. The Bertz CT molecular complexity index is 161. The summed E-state index contributed by atoms with van der Waals surface area (Å²) in [5.74, 6) is 0. The third-order valence-electron chi connectivity index (χ3n) is 2.04. The van der Waals surface area contributed by atoms with Gasteiger partial charge in [-0.1, -0.05) is 19.4 Å². The van der Waals surface area contributed by atoms with Crippen molar-refractivity contribution in [2.75, 3.05) is 0 Å². The second kappa shape index (κ2) is 1.76. The van der Waals surface area contributed by atoms with Crippen LogP contribution in [0.4, 0.5) is 0 Å². The highest BCUT2D eigenvalue weighted by Gasteiger charge is 2.51. The van der Waals surface area contributed by atoms with Gasteiger partial charge in [-0.05, 0) is 19.4 Å². The first kappa shape index (κ1) is 7.14. The fourth-order valence-electron chi connectivity index (χ4n) is 1.39. The molecule has 0 aliphatic heterocycles. The first-order chi connectivity index (χ1) is 3.98. The van der Waals surface area contributed by atoms with Gasteiger partial charge in [-0.25, -0.2) is 0 Å². The smallest absolute Gasteiger partial charge is 0.0642 e. The standard InChI is InChI=1S/C8H13Cl/c1-5(2)6-7(9)8(6,3)4/h7H,1-4H3. The van der Waals surface area contributed by atoms with Crippen LogP contribution < -0.4 is 0 Å². The summed E-state index contributed by atoms with van der Waals surface area (Å²) in [6, 6.07) is 0. The third kappa shape index (κ3) is 0.898. The maximum atomic E-state index is 5.98. The van der Waals surface area contributed by atoms with E-state index in [0.29, 0.717) is 10.8 Å². The lowest BCUT2D eigenvalue weighted by Gasteiger charge is -1.92. The molecule has 1 aliphatic rings. The molecule has 9 heavy (non-hydrogen) atoms. The molecular weight excluding hydrogens is 132 g/mol. The van der Waals surface area contributed by atoms with E-state index in [1.165, 1.54) is 11.1 Å². The lowest BCUT2D eigenvalue weighted by Crippen LogP contribution is -1.85. The van der Waals surface area contributed by atoms with Crippen LogP contribution in [-0.2, 0) is 0 Å². The van der Waals surface area contributed by atoms with Crippen molar-refractivity contribution in [3.05, 3.63) is 11.1 Å². The third-order valence-corrected chi connectivity index (χ3v) is 2.80. The van der Waals surface area contributed by atoms with Crippen LogP contribution in [0.2, 0.25) is 0 Å². The molecule has 0 nitrogen and oxygen atoms in total. The van der Waals surface area contributed by atoms with Gasteiger partial charge in [0.15, 0.2) is 0 Å². The van der Waals surface area contributed by atoms with E-state index < -0.39 is 0 Å². The van der Waals surface area contributed by atoms with Crippen LogP contribution in [0.15, 0.2) is 11.1 Å². The van der Waals surface area contributed by atoms with Gasteiger partial charge in [0, 0.05) is 5.41 Å². The van der Waals surface area contributed by atoms with Gasteiger partial charge >= 0.3 is 0 Å². The largest absolute Gasteiger partial charge is 0.117 e. The summed E-state index contributed by atoms with van der Waals surface area (Å²) in [7, 11) is 0. The van der Waals surface area contributed by atoms with Crippen LogP contribution in [0, 0.1) is 5.41 Å². The average molecular weight is 145 g/mol. The molecule has 1 unspecified atom stereocenters. The highest BCUT2D eigenvalue weighted by molar-refractivity contribution is 6.26. The first-order valence-electron chi connectivity index (χ1n) is 3.30. The van der Waals surface area contributed by atoms with Gasteiger partial charge in [0.05, 0.1) is 5.38 Å². The van der Waals surface area contributed by atoms with E-state index in [2.05, 4.69) is 27.7 Å². The number of allylic oxidation sites excluding steroid dienone is 2. The van der Waals surface area contributed by atoms with Crippen LogP contribution >= 0.6 is 11.6 Å². The fraction of sp³-hybridized carbons (Fsp3) is 0.750. The Labute approximate surface area is 61.9 Å². The SMILES string of the molecule is CC(C)=C1C(Cl)C1(C)C. The Balaban J connectivity index is 2.86. The van der Waals surface area contributed by atoms with Crippen LogP contribution in [-0.4, -0.2) is 5.38 Å². The first-order valence-corrected chi connectivity index (χ1v) is 3.73. The minimum Gasteiger partial charge on any atom is -0.117 e. The predicted molar refractivity (Wildman–Crippen MR) is 41.8 cm³/mol. The lowest BCUT2D eigenvalue weighted by atomic mass is 10.1. The summed E-state index contributed by atoms with van der Waals surface area (Å²) in [5.41, 5.74) is 3.12. The van der Waals surface area contributed by atoms with Gasteiger partial charge in [-0.15, -0.1) is 11.6 Å². The molecular formula is C8H13Cl.